The number of benzene rings is 1. The fourth-order valence-corrected chi connectivity index (χ4v) is 7.61. The number of piperazine rings is 1. The maximum atomic E-state index is 13.2. The van der Waals surface area contributed by atoms with E-state index >= 15 is 0 Å². The van der Waals surface area contributed by atoms with E-state index in [0.717, 1.165) is 81.2 Å². The van der Waals surface area contributed by atoms with E-state index < -0.39 is 0 Å². The molecule has 2 aromatic heterocycles. The van der Waals surface area contributed by atoms with Crippen LogP contribution in [0.3, 0.4) is 0 Å². The molecule has 0 unspecified atom stereocenters. The highest BCUT2D eigenvalue weighted by atomic mass is 35.5. The topological polar surface area (TPSA) is 128 Å². The summed E-state index contributed by atoms with van der Waals surface area (Å²) in [6.07, 6.45) is 6.21. The molecule has 0 bridgehead atoms. The number of fused-ring (bicyclic) bond motifs is 1. The van der Waals surface area contributed by atoms with E-state index in [9.17, 15) is 14.9 Å². The molecule has 0 spiro atoms. The molecule has 4 aliphatic rings. The summed E-state index contributed by atoms with van der Waals surface area (Å²) in [5.74, 6) is 1.34. The number of hydrazine groups is 1. The number of nitrogens with zero attached hydrogens (tertiary/aromatic N) is 9. The molecule has 252 valence electrons. The molecule has 2 N–H and O–H groups in total. The van der Waals surface area contributed by atoms with Crippen molar-refractivity contribution in [3.8, 4) is 6.07 Å². The third kappa shape index (κ3) is 6.78. The summed E-state index contributed by atoms with van der Waals surface area (Å²) in [5.41, 5.74) is 6.65. The Balaban J connectivity index is 0.911. The van der Waals surface area contributed by atoms with Crippen molar-refractivity contribution in [3.63, 3.8) is 0 Å². The SMILES string of the molecule is CC(=O)N1CCN(CC2CCN(C(=O)CN3C=C(Nc4nc5c(N6CC(CC#N)(c7cccc(Cl)c7)C6)cccn5n4)CN3)CC2)CC1. The van der Waals surface area contributed by atoms with E-state index in [1.54, 1.807) is 11.4 Å². The fraction of sp³-hybridized carbons (Fsp3) is 0.500. The van der Waals surface area contributed by atoms with Gasteiger partial charge in [-0.25, -0.2) is 9.94 Å². The van der Waals surface area contributed by atoms with Crippen molar-refractivity contribution in [3.05, 3.63) is 65.1 Å². The van der Waals surface area contributed by atoms with Gasteiger partial charge in [-0.1, -0.05) is 23.7 Å². The Hall–Kier alpha value is -4.38. The van der Waals surface area contributed by atoms with E-state index in [-0.39, 0.29) is 23.8 Å². The van der Waals surface area contributed by atoms with E-state index in [2.05, 4.69) is 31.7 Å². The lowest BCUT2D eigenvalue weighted by Gasteiger charge is -2.50. The largest absolute Gasteiger partial charge is 0.366 e. The first kappa shape index (κ1) is 32.2. The zero-order valence-electron chi connectivity index (χ0n) is 27.3. The molecule has 1 aromatic carbocycles. The second-order valence-electron chi connectivity index (χ2n) is 13.5. The maximum Gasteiger partial charge on any atom is 0.247 e. The summed E-state index contributed by atoms with van der Waals surface area (Å²) in [7, 11) is 0. The van der Waals surface area contributed by atoms with E-state index in [4.69, 9.17) is 16.6 Å². The van der Waals surface area contributed by atoms with Gasteiger partial charge < -0.3 is 25.0 Å². The molecular formula is C34H42ClN11O2. The summed E-state index contributed by atoms with van der Waals surface area (Å²) in [4.78, 5) is 38.2. The van der Waals surface area contributed by atoms with Crippen LogP contribution in [0.2, 0.25) is 5.02 Å². The molecule has 0 aliphatic carbocycles. The number of nitriles is 1. The van der Waals surface area contributed by atoms with Gasteiger partial charge >= 0.3 is 0 Å². The van der Waals surface area contributed by atoms with E-state index in [1.807, 2.05) is 63.6 Å². The zero-order valence-corrected chi connectivity index (χ0v) is 28.1. The van der Waals surface area contributed by atoms with Crippen molar-refractivity contribution >= 4 is 40.7 Å². The highest BCUT2D eigenvalue weighted by molar-refractivity contribution is 6.30. The number of likely N-dealkylation sites (tertiary alicyclic amines) is 1. The number of carbonyl (C=O) groups is 2. The predicted octanol–water partition coefficient (Wildman–Crippen LogP) is 2.53. The van der Waals surface area contributed by atoms with Gasteiger partial charge in [0, 0.05) is 95.1 Å². The number of piperidine rings is 1. The van der Waals surface area contributed by atoms with Crippen LogP contribution in [-0.2, 0) is 15.0 Å². The molecule has 3 fully saturated rings. The first-order valence-electron chi connectivity index (χ1n) is 16.8. The van der Waals surface area contributed by atoms with Gasteiger partial charge in [-0.2, -0.15) is 10.2 Å². The summed E-state index contributed by atoms with van der Waals surface area (Å²) < 4.78 is 1.77. The van der Waals surface area contributed by atoms with Crippen LogP contribution in [0.4, 0.5) is 11.6 Å². The summed E-state index contributed by atoms with van der Waals surface area (Å²) in [6, 6.07) is 14.2. The minimum atomic E-state index is -0.279. The van der Waals surface area contributed by atoms with Crippen molar-refractivity contribution in [2.75, 3.05) is 82.2 Å². The van der Waals surface area contributed by atoms with Crippen molar-refractivity contribution in [2.24, 2.45) is 5.92 Å². The second-order valence-corrected chi connectivity index (χ2v) is 13.9. The normalized spacial score (nSPS) is 20.1. The lowest BCUT2D eigenvalue weighted by molar-refractivity contribution is -0.133. The van der Waals surface area contributed by atoms with Crippen LogP contribution in [0.1, 0.15) is 31.7 Å². The molecule has 7 rings (SSSR count). The van der Waals surface area contributed by atoms with Crippen molar-refractivity contribution < 1.29 is 9.59 Å². The monoisotopic (exact) mass is 671 g/mol. The summed E-state index contributed by atoms with van der Waals surface area (Å²) in [5, 5.41) is 20.1. The standard InChI is InChI=1S/C34H42ClN11O2/c1-25(47)42-16-14-41(15-17-42)20-26-7-12-43(13-8-26)31(48)22-45-21-29(19-37-45)38-33-39-32-30(6-3-11-46(32)40-33)44-23-34(24-44,9-10-36)27-4-2-5-28(35)18-27/h2-6,11,18,21,26,37H,7-9,12-17,19-20,22-24H2,1H3,(H,38,40). The van der Waals surface area contributed by atoms with Crippen LogP contribution >= 0.6 is 11.6 Å². The molecule has 13 nitrogen and oxygen atoms in total. The highest BCUT2D eigenvalue weighted by Gasteiger charge is 2.45. The number of amides is 2. The third-order valence-electron chi connectivity index (χ3n) is 10.2. The lowest BCUT2D eigenvalue weighted by atomic mass is 9.71. The molecule has 48 heavy (non-hydrogen) atoms. The molecular weight excluding hydrogens is 630 g/mol. The average molecular weight is 672 g/mol. The number of anilines is 2. The van der Waals surface area contributed by atoms with E-state index in [1.165, 1.54) is 0 Å². The van der Waals surface area contributed by atoms with Gasteiger partial charge in [-0.3, -0.25) is 14.5 Å². The smallest absolute Gasteiger partial charge is 0.247 e. The number of halogens is 1. The van der Waals surface area contributed by atoms with Crippen LogP contribution in [-0.4, -0.2) is 118 Å². The second kappa shape index (κ2) is 13.6. The van der Waals surface area contributed by atoms with Crippen LogP contribution in [0.5, 0.6) is 0 Å². The maximum absolute atomic E-state index is 13.2. The van der Waals surface area contributed by atoms with Gasteiger partial charge in [0.15, 0.2) is 5.65 Å². The van der Waals surface area contributed by atoms with Crippen molar-refractivity contribution in [2.45, 2.75) is 31.6 Å². The summed E-state index contributed by atoms with van der Waals surface area (Å²) in [6.45, 7) is 9.89. The lowest BCUT2D eigenvalue weighted by Crippen LogP contribution is -2.59. The summed E-state index contributed by atoms with van der Waals surface area (Å²) >= 11 is 6.28. The highest BCUT2D eigenvalue weighted by Crippen LogP contribution is 2.42. The van der Waals surface area contributed by atoms with Gasteiger partial charge in [0.1, 0.15) is 6.54 Å². The fourth-order valence-electron chi connectivity index (χ4n) is 7.42. The van der Waals surface area contributed by atoms with Crippen LogP contribution in [0.25, 0.3) is 5.65 Å². The first-order chi connectivity index (χ1) is 23.3. The van der Waals surface area contributed by atoms with Crippen LogP contribution in [0, 0.1) is 17.2 Å². The molecule has 14 heteroatoms. The molecule has 4 aliphatic heterocycles. The van der Waals surface area contributed by atoms with Gasteiger partial charge in [0.25, 0.3) is 0 Å². The minimum absolute atomic E-state index is 0.115. The average Bonchev–Trinajstić information content (AvgIpc) is 3.69. The number of pyridine rings is 1. The molecule has 3 aromatic rings. The molecule has 6 heterocycles. The Morgan fingerprint density at radius 3 is 2.60 bits per heavy atom. The Labute approximate surface area is 285 Å². The molecule has 0 atom stereocenters. The molecule has 3 saturated heterocycles. The molecule has 2 amide bonds. The molecule has 0 saturated carbocycles. The van der Waals surface area contributed by atoms with Gasteiger partial charge in [0.2, 0.25) is 17.8 Å². The van der Waals surface area contributed by atoms with Gasteiger partial charge in [-0.05, 0) is 48.6 Å². The number of hydrogen-bond acceptors (Lipinski definition) is 10. The first-order valence-corrected chi connectivity index (χ1v) is 17.1. The number of rotatable bonds is 9. The third-order valence-corrected chi connectivity index (χ3v) is 10.4. The van der Waals surface area contributed by atoms with Gasteiger partial charge in [0.05, 0.1) is 24.0 Å². The Morgan fingerprint density at radius 1 is 1.08 bits per heavy atom. The van der Waals surface area contributed by atoms with E-state index in [0.29, 0.717) is 42.9 Å². The van der Waals surface area contributed by atoms with Crippen molar-refractivity contribution in [1.29, 1.82) is 5.26 Å². The number of hydrogen-bond donors (Lipinski definition) is 2. The number of nitrogens with one attached hydrogen (secondary N) is 2. The Morgan fingerprint density at radius 2 is 1.88 bits per heavy atom. The Bertz CT molecular complexity index is 1730. The molecule has 0 radical (unpaired) electrons. The number of aromatic nitrogens is 3. The van der Waals surface area contributed by atoms with Crippen LogP contribution in [0.15, 0.2) is 54.5 Å². The Kier molecular flexibility index (Phi) is 9.13. The predicted molar refractivity (Wildman–Crippen MR) is 183 cm³/mol. The zero-order chi connectivity index (χ0) is 33.3. The van der Waals surface area contributed by atoms with Crippen molar-refractivity contribution in [1.82, 2.24) is 39.7 Å². The number of carbonyl (C=O) groups excluding carboxylic acids is 2. The van der Waals surface area contributed by atoms with Gasteiger partial charge in [-0.15, -0.1) is 5.10 Å². The quantitative estimate of drug-likeness (QED) is 0.350. The van der Waals surface area contributed by atoms with Crippen LogP contribution < -0.4 is 15.6 Å². The minimum Gasteiger partial charge on any atom is -0.366 e.